The Bertz CT molecular complexity index is 548. The largest absolute Gasteiger partial charge is 0.454 e. The molecule has 21 heavy (non-hydrogen) atoms. The first-order chi connectivity index (χ1) is 9.68. The number of halogens is 4. The van der Waals surface area contributed by atoms with E-state index in [0.717, 1.165) is 0 Å². The molecule has 0 spiro atoms. The van der Waals surface area contributed by atoms with Gasteiger partial charge in [0.05, 0.1) is 0 Å². The number of nitrogens with zero attached hydrogens (tertiary/aromatic N) is 1. The summed E-state index contributed by atoms with van der Waals surface area (Å²) in [6, 6.07) is 6.36. The van der Waals surface area contributed by atoms with Crippen LogP contribution in [0.2, 0.25) is 5.02 Å². The molecular formula is C14H14ClF3N2O. The van der Waals surface area contributed by atoms with Gasteiger partial charge in [-0.15, -0.1) is 0 Å². The fourth-order valence-corrected chi connectivity index (χ4v) is 1.40. The van der Waals surface area contributed by atoms with Crippen LogP contribution in [0.3, 0.4) is 0 Å². The van der Waals surface area contributed by atoms with Crippen molar-refractivity contribution in [2.75, 3.05) is 19.4 Å². The maximum absolute atomic E-state index is 12.3. The number of hydrogen-bond donors (Lipinski definition) is 1. The van der Waals surface area contributed by atoms with Gasteiger partial charge in [0.2, 0.25) is 0 Å². The van der Waals surface area contributed by atoms with Crippen molar-refractivity contribution in [2.45, 2.75) is 6.18 Å². The number of carbonyl (C=O) groups is 1. The molecule has 0 aromatic heterocycles. The molecule has 7 heteroatoms. The lowest BCUT2D eigenvalue weighted by atomic mass is 10.2. The minimum atomic E-state index is -4.90. The van der Waals surface area contributed by atoms with Gasteiger partial charge in [0, 0.05) is 42.8 Å². The molecule has 114 valence electrons. The standard InChI is InChI=1S/C14H14ClF3N2O/c1-20(2)8-7-12(9-13(21)14(16,17)18)19-11-5-3-10(15)4-6-11/h3-9,19H,1-2H3/b8-7+,12-9?. The quantitative estimate of drug-likeness (QED) is 0.661. The van der Waals surface area contributed by atoms with Crippen molar-refractivity contribution in [2.24, 2.45) is 0 Å². The van der Waals surface area contributed by atoms with Gasteiger partial charge in [0.1, 0.15) is 0 Å². The number of hydrogen-bond acceptors (Lipinski definition) is 3. The lowest BCUT2D eigenvalue weighted by Gasteiger charge is -2.10. The summed E-state index contributed by atoms with van der Waals surface area (Å²) in [4.78, 5) is 12.7. The monoisotopic (exact) mass is 318 g/mol. The molecule has 0 radical (unpaired) electrons. The predicted octanol–water partition coefficient (Wildman–Crippen LogP) is 3.84. The zero-order chi connectivity index (χ0) is 16.0. The van der Waals surface area contributed by atoms with Crippen LogP contribution >= 0.6 is 11.6 Å². The van der Waals surface area contributed by atoms with Crippen LogP contribution in [0, 0.1) is 0 Å². The molecule has 1 rings (SSSR count). The number of nitrogens with one attached hydrogen (secondary N) is 1. The topological polar surface area (TPSA) is 32.3 Å². The summed E-state index contributed by atoms with van der Waals surface area (Å²) in [5.41, 5.74) is 0.539. The number of alkyl halides is 3. The number of anilines is 1. The number of rotatable bonds is 5. The Morgan fingerprint density at radius 3 is 2.29 bits per heavy atom. The molecule has 0 atom stereocenters. The Hall–Kier alpha value is -1.95. The molecule has 0 saturated carbocycles. The van der Waals surface area contributed by atoms with E-state index in [1.165, 1.54) is 12.3 Å². The second-order valence-corrected chi connectivity index (χ2v) is 4.81. The average Bonchev–Trinajstić information content (AvgIpc) is 2.37. The molecule has 0 fully saturated rings. The Morgan fingerprint density at radius 1 is 1.24 bits per heavy atom. The van der Waals surface area contributed by atoms with Crippen LogP contribution < -0.4 is 5.32 Å². The first-order valence-corrected chi connectivity index (χ1v) is 6.26. The van der Waals surface area contributed by atoms with Crippen LogP contribution in [0.25, 0.3) is 0 Å². The van der Waals surface area contributed by atoms with Gasteiger partial charge in [-0.05, 0) is 30.3 Å². The summed E-state index contributed by atoms with van der Waals surface area (Å²) >= 11 is 5.73. The summed E-state index contributed by atoms with van der Waals surface area (Å²) in [6.45, 7) is 0. The van der Waals surface area contributed by atoms with Crippen molar-refractivity contribution in [1.82, 2.24) is 4.90 Å². The first-order valence-electron chi connectivity index (χ1n) is 5.88. The van der Waals surface area contributed by atoms with Crippen molar-refractivity contribution in [3.05, 3.63) is 53.3 Å². The van der Waals surface area contributed by atoms with E-state index in [1.807, 2.05) is 0 Å². The lowest BCUT2D eigenvalue weighted by Crippen LogP contribution is -2.21. The molecule has 1 aromatic rings. The number of allylic oxidation sites excluding steroid dienone is 2. The highest BCUT2D eigenvalue weighted by molar-refractivity contribution is 6.30. The van der Waals surface area contributed by atoms with Gasteiger partial charge in [-0.3, -0.25) is 4.79 Å². The molecule has 0 aliphatic rings. The summed E-state index contributed by atoms with van der Waals surface area (Å²) in [7, 11) is 3.42. The predicted molar refractivity (Wildman–Crippen MR) is 77.0 cm³/mol. The van der Waals surface area contributed by atoms with E-state index < -0.39 is 12.0 Å². The first kappa shape index (κ1) is 17.1. The third-order valence-corrected chi connectivity index (χ3v) is 2.50. The minimum absolute atomic E-state index is 0.0216. The van der Waals surface area contributed by atoms with Crippen molar-refractivity contribution < 1.29 is 18.0 Å². The molecule has 0 heterocycles. The molecule has 0 saturated heterocycles. The van der Waals surface area contributed by atoms with E-state index in [1.54, 1.807) is 43.3 Å². The van der Waals surface area contributed by atoms with E-state index >= 15 is 0 Å². The molecule has 3 nitrogen and oxygen atoms in total. The van der Waals surface area contributed by atoms with Crippen molar-refractivity contribution in [3.8, 4) is 0 Å². The minimum Gasteiger partial charge on any atom is -0.383 e. The van der Waals surface area contributed by atoms with E-state index in [2.05, 4.69) is 5.32 Å². The fraction of sp³-hybridized carbons (Fsp3) is 0.214. The zero-order valence-electron chi connectivity index (χ0n) is 11.4. The Balaban J connectivity index is 3.00. The highest BCUT2D eigenvalue weighted by Crippen LogP contribution is 2.19. The van der Waals surface area contributed by atoms with Crippen LogP contribution in [0.15, 0.2) is 48.3 Å². The molecule has 1 N–H and O–H groups in total. The Labute approximate surface area is 125 Å². The van der Waals surface area contributed by atoms with E-state index in [4.69, 9.17) is 11.6 Å². The van der Waals surface area contributed by atoms with Gasteiger partial charge in [-0.25, -0.2) is 0 Å². The van der Waals surface area contributed by atoms with Crippen LogP contribution in [-0.4, -0.2) is 31.0 Å². The van der Waals surface area contributed by atoms with Gasteiger partial charge in [-0.2, -0.15) is 13.2 Å². The van der Waals surface area contributed by atoms with E-state index in [9.17, 15) is 18.0 Å². The third-order valence-electron chi connectivity index (χ3n) is 2.25. The molecular weight excluding hydrogens is 305 g/mol. The molecule has 0 amide bonds. The second kappa shape index (κ2) is 7.17. The molecule has 0 aliphatic heterocycles. The lowest BCUT2D eigenvalue weighted by molar-refractivity contribution is -0.165. The number of ketones is 1. The van der Waals surface area contributed by atoms with Gasteiger partial charge >= 0.3 is 6.18 Å². The van der Waals surface area contributed by atoms with Gasteiger partial charge < -0.3 is 10.2 Å². The molecule has 0 unspecified atom stereocenters. The van der Waals surface area contributed by atoms with Crippen LogP contribution in [0.4, 0.5) is 18.9 Å². The van der Waals surface area contributed by atoms with Crippen molar-refractivity contribution in [3.63, 3.8) is 0 Å². The Morgan fingerprint density at radius 2 is 1.81 bits per heavy atom. The summed E-state index contributed by atoms with van der Waals surface area (Å²) < 4.78 is 37.0. The smallest absolute Gasteiger partial charge is 0.383 e. The maximum Gasteiger partial charge on any atom is 0.454 e. The summed E-state index contributed by atoms with van der Waals surface area (Å²) in [5.74, 6) is -1.93. The van der Waals surface area contributed by atoms with Crippen LogP contribution in [0.5, 0.6) is 0 Å². The number of benzene rings is 1. The third kappa shape index (κ3) is 6.35. The highest BCUT2D eigenvalue weighted by atomic mass is 35.5. The fourth-order valence-electron chi connectivity index (χ4n) is 1.28. The van der Waals surface area contributed by atoms with E-state index in [-0.39, 0.29) is 5.70 Å². The maximum atomic E-state index is 12.3. The normalized spacial score (nSPS) is 12.6. The van der Waals surface area contributed by atoms with Crippen molar-refractivity contribution in [1.29, 1.82) is 0 Å². The highest BCUT2D eigenvalue weighted by Gasteiger charge is 2.36. The van der Waals surface area contributed by atoms with Crippen LogP contribution in [0.1, 0.15) is 0 Å². The Kier molecular flexibility index (Phi) is 5.84. The van der Waals surface area contributed by atoms with Gasteiger partial charge in [-0.1, -0.05) is 11.6 Å². The zero-order valence-corrected chi connectivity index (χ0v) is 12.2. The molecule has 1 aromatic carbocycles. The second-order valence-electron chi connectivity index (χ2n) is 4.37. The molecule has 0 bridgehead atoms. The van der Waals surface area contributed by atoms with Gasteiger partial charge in [0.15, 0.2) is 0 Å². The summed E-state index contributed by atoms with van der Waals surface area (Å²) in [6.07, 6.45) is -1.50. The van der Waals surface area contributed by atoms with Crippen molar-refractivity contribution >= 4 is 23.1 Å². The average molecular weight is 319 g/mol. The van der Waals surface area contributed by atoms with Gasteiger partial charge in [0.25, 0.3) is 5.78 Å². The molecule has 0 aliphatic carbocycles. The van der Waals surface area contributed by atoms with Crippen LogP contribution in [-0.2, 0) is 4.79 Å². The van der Waals surface area contributed by atoms with E-state index in [0.29, 0.717) is 16.8 Å². The SMILES string of the molecule is CN(C)/C=C/C(=CC(=O)C(F)(F)F)Nc1ccc(Cl)cc1. The summed E-state index contributed by atoms with van der Waals surface area (Å²) in [5, 5.41) is 3.23. The number of carbonyl (C=O) groups excluding carboxylic acids is 1.